The molecule has 4 heterocycles. The molecule has 10 nitrogen and oxygen atoms in total. The number of hydrogen-bond acceptors (Lipinski definition) is 8. The molecule has 1 spiro atoms. The molecule has 1 N–H and O–H groups in total. The fourth-order valence-corrected chi connectivity index (χ4v) is 5.45. The van der Waals surface area contributed by atoms with E-state index in [2.05, 4.69) is 5.32 Å². The molecule has 0 radical (unpaired) electrons. The van der Waals surface area contributed by atoms with E-state index in [-0.39, 0.29) is 18.6 Å². The third-order valence-corrected chi connectivity index (χ3v) is 7.00. The van der Waals surface area contributed by atoms with Gasteiger partial charge in [-0.1, -0.05) is 12.2 Å². The highest BCUT2D eigenvalue weighted by Crippen LogP contribution is 2.53. The van der Waals surface area contributed by atoms with Gasteiger partial charge in [0.15, 0.2) is 23.0 Å². The minimum absolute atomic E-state index is 0.149. The zero-order chi connectivity index (χ0) is 24.3. The van der Waals surface area contributed by atoms with Crippen LogP contribution in [0.4, 0.5) is 11.4 Å². The number of rotatable bonds is 6. The van der Waals surface area contributed by atoms with E-state index >= 15 is 0 Å². The molecule has 182 valence electrons. The largest absolute Gasteiger partial charge is 0.493 e. The molecular weight excluding hydrogens is 456 g/mol. The predicted octanol–water partition coefficient (Wildman–Crippen LogP) is 2.37. The number of nitrogens with zero attached hydrogens (tertiary/aromatic N) is 1. The molecule has 2 aromatic carbocycles. The van der Waals surface area contributed by atoms with Gasteiger partial charge in [0.2, 0.25) is 24.4 Å². The zero-order valence-corrected chi connectivity index (χ0v) is 19.4. The van der Waals surface area contributed by atoms with Crippen molar-refractivity contribution < 1.29 is 38.0 Å². The summed E-state index contributed by atoms with van der Waals surface area (Å²) in [5, 5.41) is 2.91. The molecule has 0 saturated carbocycles. The third kappa shape index (κ3) is 3.13. The van der Waals surface area contributed by atoms with E-state index in [1.807, 2.05) is 18.2 Å². The lowest BCUT2D eigenvalue weighted by atomic mass is 9.77. The SMILES string of the molecule is COc1cc(NC(=O)[C@H]2[C@@H]3C=C[C@]4(CN(c5ccc6c(c5)OCO6)C(=O)[C@@H]24)O3)cc(OC)c1OC. The van der Waals surface area contributed by atoms with Crippen molar-refractivity contribution in [3.8, 4) is 28.7 Å². The third-order valence-electron chi connectivity index (χ3n) is 7.00. The lowest BCUT2D eigenvalue weighted by Crippen LogP contribution is -2.41. The fourth-order valence-electron chi connectivity index (χ4n) is 5.45. The Morgan fingerprint density at radius 3 is 2.51 bits per heavy atom. The van der Waals surface area contributed by atoms with Crippen molar-refractivity contribution in [3.05, 3.63) is 42.5 Å². The number of amides is 2. The van der Waals surface area contributed by atoms with Gasteiger partial charge in [0.25, 0.3) is 0 Å². The number of anilines is 2. The number of methoxy groups -OCH3 is 3. The van der Waals surface area contributed by atoms with Crippen molar-refractivity contribution in [2.75, 3.05) is 44.9 Å². The van der Waals surface area contributed by atoms with Gasteiger partial charge < -0.3 is 38.6 Å². The van der Waals surface area contributed by atoms with E-state index in [1.54, 1.807) is 29.2 Å². The highest BCUT2D eigenvalue weighted by molar-refractivity contribution is 6.05. The highest BCUT2D eigenvalue weighted by atomic mass is 16.7. The van der Waals surface area contributed by atoms with E-state index in [9.17, 15) is 9.59 Å². The molecule has 0 unspecified atom stereocenters. The number of nitrogens with one attached hydrogen (secondary N) is 1. The second-order valence-electron chi connectivity index (χ2n) is 8.77. The monoisotopic (exact) mass is 480 g/mol. The van der Waals surface area contributed by atoms with E-state index in [4.69, 9.17) is 28.4 Å². The average molecular weight is 480 g/mol. The maximum Gasteiger partial charge on any atom is 0.234 e. The standard InChI is InChI=1S/C25H24N2O8/c1-30-18-8-13(9-19(31-2)22(18)32-3)26-23(28)20-16-6-7-25(35-16)11-27(24(29)21(20)25)14-4-5-15-17(10-14)34-12-33-15/h4-10,16,20-21H,11-12H2,1-3H3,(H,26,28)/t16-,20-,21+,25+/m0/s1. The van der Waals surface area contributed by atoms with Gasteiger partial charge in [-0.25, -0.2) is 0 Å². The first kappa shape index (κ1) is 21.6. The Hall–Kier alpha value is -3.92. The predicted molar refractivity (Wildman–Crippen MR) is 123 cm³/mol. The summed E-state index contributed by atoms with van der Waals surface area (Å²) in [4.78, 5) is 28.8. The molecule has 2 saturated heterocycles. The second-order valence-corrected chi connectivity index (χ2v) is 8.77. The molecule has 0 aromatic heterocycles. The van der Waals surface area contributed by atoms with Crippen molar-refractivity contribution in [2.45, 2.75) is 11.7 Å². The number of fused-ring (bicyclic) bond motifs is 2. The first-order valence-electron chi connectivity index (χ1n) is 11.2. The number of ether oxygens (including phenoxy) is 6. The van der Waals surface area contributed by atoms with Gasteiger partial charge in [-0.05, 0) is 12.1 Å². The van der Waals surface area contributed by atoms with Crippen LogP contribution in [0.5, 0.6) is 28.7 Å². The second kappa shape index (κ2) is 7.81. The van der Waals surface area contributed by atoms with E-state index < -0.39 is 23.5 Å². The minimum atomic E-state index is -0.852. The van der Waals surface area contributed by atoms with Crippen LogP contribution in [-0.2, 0) is 14.3 Å². The summed E-state index contributed by atoms with van der Waals surface area (Å²) >= 11 is 0. The summed E-state index contributed by atoms with van der Waals surface area (Å²) in [5.41, 5.74) is 0.283. The molecule has 2 bridgehead atoms. The van der Waals surface area contributed by atoms with Crippen molar-refractivity contribution in [1.29, 1.82) is 0 Å². The maximum absolute atomic E-state index is 13.6. The molecule has 10 heteroatoms. The van der Waals surface area contributed by atoms with E-state index in [1.165, 1.54) is 21.3 Å². The van der Waals surface area contributed by atoms with Crippen LogP contribution in [-0.4, -0.2) is 58.2 Å². The first-order valence-corrected chi connectivity index (χ1v) is 11.2. The summed E-state index contributed by atoms with van der Waals surface area (Å²) in [5.74, 6) is 0.643. The summed E-state index contributed by atoms with van der Waals surface area (Å²) in [6, 6.07) is 8.66. The number of hydrogen-bond donors (Lipinski definition) is 1. The Kier molecular flexibility index (Phi) is 4.82. The Labute approximate surface area is 201 Å². The van der Waals surface area contributed by atoms with Gasteiger partial charge in [-0.2, -0.15) is 0 Å². The van der Waals surface area contributed by atoms with Crippen molar-refractivity contribution >= 4 is 23.2 Å². The van der Waals surface area contributed by atoms with Crippen molar-refractivity contribution in [3.63, 3.8) is 0 Å². The van der Waals surface area contributed by atoms with Gasteiger partial charge >= 0.3 is 0 Å². The molecule has 2 fully saturated rings. The Balaban J connectivity index is 1.28. The highest BCUT2D eigenvalue weighted by Gasteiger charge is 2.67. The lowest BCUT2D eigenvalue weighted by Gasteiger charge is -2.24. The zero-order valence-electron chi connectivity index (χ0n) is 19.4. The number of benzene rings is 2. The van der Waals surface area contributed by atoms with Crippen LogP contribution in [0.25, 0.3) is 0 Å². The quantitative estimate of drug-likeness (QED) is 0.629. The van der Waals surface area contributed by atoms with Gasteiger partial charge in [-0.15, -0.1) is 0 Å². The number of carbonyl (C=O) groups is 2. The van der Waals surface area contributed by atoms with Crippen LogP contribution < -0.4 is 33.9 Å². The molecule has 4 aliphatic heterocycles. The summed E-state index contributed by atoms with van der Waals surface area (Å²) < 4.78 is 33.2. The lowest BCUT2D eigenvalue weighted by molar-refractivity contribution is -0.128. The van der Waals surface area contributed by atoms with Gasteiger partial charge in [0.1, 0.15) is 5.60 Å². The van der Waals surface area contributed by atoms with Crippen LogP contribution in [0.1, 0.15) is 0 Å². The molecule has 35 heavy (non-hydrogen) atoms. The van der Waals surface area contributed by atoms with Crippen molar-refractivity contribution in [1.82, 2.24) is 0 Å². The molecular formula is C25H24N2O8. The number of carbonyl (C=O) groups excluding carboxylic acids is 2. The first-order chi connectivity index (χ1) is 17.0. The molecule has 2 aromatic rings. The van der Waals surface area contributed by atoms with Gasteiger partial charge in [0, 0.05) is 29.6 Å². The van der Waals surface area contributed by atoms with Crippen LogP contribution >= 0.6 is 0 Å². The summed E-state index contributed by atoms with van der Waals surface area (Å²) in [6.07, 6.45) is 3.30. The average Bonchev–Trinajstić information content (AvgIpc) is 3.63. The molecule has 4 aliphatic rings. The molecule has 6 rings (SSSR count). The minimum Gasteiger partial charge on any atom is -0.493 e. The molecule has 4 atom stereocenters. The van der Waals surface area contributed by atoms with Crippen LogP contribution in [0.3, 0.4) is 0 Å². The smallest absolute Gasteiger partial charge is 0.234 e. The summed E-state index contributed by atoms with van der Waals surface area (Å²) in [7, 11) is 4.51. The fraction of sp³-hybridized carbons (Fsp3) is 0.360. The van der Waals surface area contributed by atoms with Crippen LogP contribution in [0.15, 0.2) is 42.5 Å². The van der Waals surface area contributed by atoms with E-state index in [0.29, 0.717) is 46.7 Å². The van der Waals surface area contributed by atoms with Gasteiger partial charge in [-0.3, -0.25) is 9.59 Å². The Morgan fingerprint density at radius 2 is 1.80 bits per heavy atom. The molecule has 0 aliphatic carbocycles. The Morgan fingerprint density at radius 1 is 1.06 bits per heavy atom. The van der Waals surface area contributed by atoms with Crippen LogP contribution in [0.2, 0.25) is 0 Å². The molecule has 2 amide bonds. The summed E-state index contributed by atoms with van der Waals surface area (Å²) in [6.45, 7) is 0.465. The topological polar surface area (TPSA) is 105 Å². The Bertz CT molecular complexity index is 1240. The van der Waals surface area contributed by atoms with E-state index in [0.717, 1.165) is 0 Å². The normalized spacial score (nSPS) is 27.2. The van der Waals surface area contributed by atoms with Gasteiger partial charge in [0.05, 0.1) is 45.8 Å². The van der Waals surface area contributed by atoms with Crippen molar-refractivity contribution in [2.24, 2.45) is 11.8 Å². The maximum atomic E-state index is 13.6. The van der Waals surface area contributed by atoms with Crippen LogP contribution in [0, 0.1) is 11.8 Å².